The van der Waals surface area contributed by atoms with Crippen LogP contribution in [-0.2, 0) is 14.6 Å². The maximum atomic E-state index is 11.8. The van der Waals surface area contributed by atoms with Gasteiger partial charge in [-0.15, -0.1) is 0 Å². The van der Waals surface area contributed by atoms with Gasteiger partial charge >= 0.3 is 0 Å². The van der Waals surface area contributed by atoms with Gasteiger partial charge in [0.1, 0.15) is 5.75 Å². The van der Waals surface area contributed by atoms with Crippen molar-refractivity contribution >= 4 is 15.7 Å². The minimum Gasteiger partial charge on any atom is -0.339 e. The quantitative estimate of drug-likeness (QED) is 0.740. The molecule has 1 rings (SSSR count). The van der Waals surface area contributed by atoms with Crippen LogP contribution in [0, 0.1) is 0 Å². The first-order chi connectivity index (χ1) is 7.33. The number of hydrogen-bond acceptors (Lipinski definition) is 4. The number of hydrogen-bond donors (Lipinski definition) is 1. The van der Waals surface area contributed by atoms with Crippen LogP contribution in [-0.4, -0.2) is 55.9 Å². The van der Waals surface area contributed by atoms with Crippen molar-refractivity contribution in [2.24, 2.45) is 0 Å². The Morgan fingerprint density at radius 1 is 1.50 bits per heavy atom. The Labute approximate surface area is 97.1 Å². The lowest BCUT2D eigenvalue weighted by molar-refractivity contribution is -0.129. The minimum absolute atomic E-state index is 0.236. The summed E-state index contributed by atoms with van der Waals surface area (Å²) in [4.78, 5) is 13.4. The van der Waals surface area contributed by atoms with Crippen molar-refractivity contribution in [2.45, 2.75) is 32.1 Å². The molecule has 1 heterocycles. The van der Waals surface area contributed by atoms with Gasteiger partial charge in [-0.05, 0) is 20.8 Å². The van der Waals surface area contributed by atoms with Gasteiger partial charge in [-0.2, -0.15) is 0 Å². The molecule has 0 aromatic heterocycles. The van der Waals surface area contributed by atoms with Crippen LogP contribution in [0.3, 0.4) is 0 Å². The Hall–Kier alpha value is -0.620. The highest BCUT2D eigenvalue weighted by Crippen LogP contribution is 2.05. The second-order valence-corrected chi connectivity index (χ2v) is 7.11. The van der Waals surface area contributed by atoms with E-state index in [1.54, 1.807) is 18.7 Å². The average molecular weight is 248 g/mol. The zero-order valence-electron chi connectivity index (χ0n) is 10.1. The van der Waals surface area contributed by atoms with Gasteiger partial charge < -0.3 is 10.2 Å². The fourth-order valence-corrected chi connectivity index (χ4v) is 2.45. The molecule has 0 saturated carbocycles. The lowest BCUT2D eigenvalue weighted by atomic mass is 10.2. The highest BCUT2D eigenvalue weighted by molar-refractivity contribution is 7.92. The number of amides is 1. The van der Waals surface area contributed by atoms with Gasteiger partial charge in [0.15, 0.2) is 9.84 Å². The van der Waals surface area contributed by atoms with E-state index >= 15 is 0 Å². The number of rotatable bonds is 3. The highest BCUT2D eigenvalue weighted by atomic mass is 32.2. The minimum atomic E-state index is -3.28. The third kappa shape index (κ3) is 3.45. The first kappa shape index (κ1) is 13.4. The summed E-state index contributed by atoms with van der Waals surface area (Å²) in [6.07, 6.45) is 0. The molecular formula is C10H20N2O3S. The van der Waals surface area contributed by atoms with E-state index in [1.807, 2.05) is 6.92 Å². The lowest BCUT2D eigenvalue weighted by Gasteiger charge is -2.32. The summed E-state index contributed by atoms with van der Waals surface area (Å²) in [7, 11) is -3.28. The molecule has 1 unspecified atom stereocenters. The molecule has 0 bridgehead atoms. The molecule has 0 aromatic rings. The van der Waals surface area contributed by atoms with E-state index in [2.05, 4.69) is 5.32 Å². The number of carbonyl (C=O) groups excluding carboxylic acids is 1. The largest absolute Gasteiger partial charge is 0.339 e. The summed E-state index contributed by atoms with van der Waals surface area (Å²) in [6, 6.07) is 0.236. The number of nitrogens with zero attached hydrogens (tertiary/aromatic N) is 1. The Bertz CT molecular complexity index is 351. The number of piperazine rings is 1. The molecule has 0 radical (unpaired) electrons. The SMILES string of the molecule is CC1CN(C(=O)CS(=O)(=O)C(C)C)CCN1. The third-order valence-electron chi connectivity index (χ3n) is 2.76. The van der Waals surface area contributed by atoms with Crippen LogP contribution in [0.1, 0.15) is 20.8 Å². The monoisotopic (exact) mass is 248 g/mol. The molecule has 1 aliphatic rings. The number of sulfone groups is 1. The van der Waals surface area contributed by atoms with E-state index in [0.717, 1.165) is 6.54 Å². The van der Waals surface area contributed by atoms with Crippen LogP contribution < -0.4 is 5.32 Å². The summed E-state index contributed by atoms with van der Waals surface area (Å²) in [6.45, 7) is 7.10. The molecule has 0 spiro atoms. The molecule has 6 heteroatoms. The first-order valence-corrected chi connectivity index (χ1v) is 7.27. The predicted molar refractivity (Wildman–Crippen MR) is 63.0 cm³/mol. The molecule has 5 nitrogen and oxygen atoms in total. The fourth-order valence-electron chi connectivity index (χ4n) is 1.59. The summed E-state index contributed by atoms with van der Waals surface area (Å²) < 4.78 is 23.2. The van der Waals surface area contributed by atoms with Crippen molar-refractivity contribution in [2.75, 3.05) is 25.4 Å². The zero-order chi connectivity index (χ0) is 12.3. The van der Waals surface area contributed by atoms with Gasteiger partial charge in [-0.1, -0.05) is 0 Å². The van der Waals surface area contributed by atoms with E-state index in [-0.39, 0.29) is 17.7 Å². The second-order valence-electron chi connectivity index (χ2n) is 4.55. The van der Waals surface area contributed by atoms with Crippen molar-refractivity contribution in [3.05, 3.63) is 0 Å². The average Bonchev–Trinajstić information content (AvgIpc) is 2.16. The molecular weight excluding hydrogens is 228 g/mol. The summed E-state index contributed by atoms with van der Waals surface area (Å²) in [5.41, 5.74) is 0. The highest BCUT2D eigenvalue weighted by Gasteiger charge is 2.26. The van der Waals surface area contributed by atoms with E-state index in [0.29, 0.717) is 13.1 Å². The van der Waals surface area contributed by atoms with Gasteiger partial charge in [-0.3, -0.25) is 4.79 Å². The molecule has 1 N–H and O–H groups in total. The van der Waals surface area contributed by atoms with Crippen LogP contribution in [0.25, 0.3) is 0 Å². The smallest absolute Gasteiger partial charge is 0.237 e. The van der Waals surface area contributed by atoms with E-state index in [4.69, 9.17) is 0 Å². The van der Waals surface area contributed by atoms with Gasteiger partial charge in [0.05, 0.1) is 5.25 Å². The maximum absolute atomic E-state index is 11.8. The molecule has 1 aliphatic heterocycles. The normalized spacial score (nSPS) is 22.5. The molecule has 0 aliphatic carbocycles. The third-order valence-corrected chi connectivity index (χ3v) is 4.85. The number of carbonyl (C=O) groups is 1. The van der Waals surface area contributed by atoms with Gasteiger partial charge in [0.25, 0.3) is 0 Å². The van der Waals surface area contributed by atoms with Crippen molar-refractivity contribution in [3.63, 3.8) is 0 Å². The van der Waals surface area contributed by atoms with Crippen LogP contribution in [0.4, 0.5) is 0 Å². The van der Waals surface area contributed by atoms with Gasteiger partial charge in [0, 0.05) is 25.7 Å². The van der Waals surface area contributed by atoms with Gasteiger partial charge in [0.2, 0.25) is 5.91 Å². The zero-order valence-corrected chi connectivity index (χ0v) is 10.9. The van der Waals surface area contributed by atoms with Crippen molar-refractivity contribution in [3.8, 4) is 0 Å². The molecule has 0 aromatic carbocycles. The van der Waals surface area contributed by atoms with E-state index in [1.165, 1.54) is 0 Å². The summed E-state index contributed by atoms with van der Waals surface area (Å²) in [5.74, 6) is -0.640. The fraction of sp³-hybridized carbons (Fsp3) is 0.900. The maximum Gasteiger partial charge on any atom is 0.237 e. The molecule has 1 amide bonds. The Morgan fingerprint density at radius 3 is 2.62 bits per heavy atom. The first-order valence-electron chi connectivity index (χ1n) is 5.55. The van der Waals surface area contributed by atoms with Crippen molar-refractivity contribution in [1.82, 2.24) is 10.2 Å². The topological polar surface area (TPSA) is 66.5 Å². The van der Waals surface area contributed by atoms with E-state index in [9.17, 15) is 13.2 Å². The number of nitrogens with one attached hydrogen (secondary N) is 1. The Kier molecular flexibility index (Phi) is 4.32. The van der Waals surface area contributed by atoms with Gasteiger partial charge in [-0.25, -0.2) is 8.42 Å². The molecule has 16 heavy (non-hydrogen) atoms. The Morgan fingerprint density at radius 2 is 2.12 bits per heavy atom. The van der Waals surface area contributed by atoms with Crippen molar-refractivity contribution < 1.29 is 13.2 Å². The van der Waals surface area contributed by atoms with Crippen molar-refractivity contribution in [1.29, 1.82) is 0 Å². The summed E-state index contributed by atoms with van der Waals surface area (Å²) in [5, 5.41) is 2.72. The molecule has 1 fully saturated rings. The van der Waals surface area contributed by atoms with E-state index < -0.39 is 15.1 Å². The Balaban J connectivity index is 2.59. The van der Waals surface area contributed by atoms with Crippen LogP contribution in [0.2, 0.25) is 0 Å². The molecule has 1 atom stereocenters. The van der Waals surface area contributed by atoms with Crippen LogP contribution in [0.5, 0.6) is 0 Å². The second kappa shape index (κ2) is 5.14. The summed E-state index contributed by atoms with van der Waals surface area (Å²) >= 11 is 0. The van der Waals surface area contributed by atoms with Crippen LogP contribution >= 0.6 is 0 Å². The standard InChI is InChI=1S/C10H20N2O3S/c1-8(2)16(14,15)7-10(13)12-5-4-11-9(3)6-12/h8-9,11H,4-7H2,1-3H3. The molecule has 1 saturated heterocycles. The lowest BCUT2D eigenvalue weighted by Crippen LogP contribution is -2.52. The predicted octanol–water partition coefficient (Wildman–Crippen LogP) is -0.370. The van der Waals surface area contributed by atoms with Crippen LogP contribution in [0.15, 0.2) is 0 Å². The molecule has 94 valence electrons.